The molecule has 0 spiro atoms. The lowest BCUT2D eigenvalue weighted by Crippen LogP contribution is -2.41. The molecule has 2 heterocycles. The largest absolute Gasteiger partial charge is 0.481 e. The van der Waals surface area contributed by atoms with E-state index in [-0.39, 0.29) is 29.2 Å². The highest BCUT2D eigenvalue weighted by Crippen LogP contribution is 2.20. The zero-order valence-electron chi connectivity index (χ0n) is 11.4. The van der Waals surface area contributed by atoms with Crippen LogP contribution in [0.5, 0.6) is 0 Å². The number of hydrogen-bond acceptors (Lipinski definition) is 7. The van der Waals surface area contributed by atoms with Gasteiger partial charge < -0.3 is 21.5 Å². The molecule has 2 rings (SSSR count). The number of nitrogen functional groups attached to an aromatic ring is 2. The summed E-state index contributed by atoms with van der Waals surface area (Å²) in [6.07, 6.45) is 0.987. The Balaban J connectivity index is 1.84. The van der Waals surface area contributed by atoms with E-state index in [0.717, 1.165) is 0 Å². The Bertz CT molecular complexity index is 525. The maximum Gasteiger partial charge on any atom is 0.306 e. The van der Waals surface area contributed by atoms with Crippen molar-refractivity contribution >= 4 is 35.3 Å². The minimum absolute atomic E-state index is 0.0616. The van der Waals surface area contributed by atoms with Gasteiger partial charge in [0.1, 0.15) is 11.6 Å². The lowest BCUT2D eigenvalue weighted by molar-refractivity contribution is -0.145. The number of rotatable bonds is 4. The highest BCUT2D eigenvalue weighted by Gasteiger charge is 2.26. The van der Waals surface area contributed by atoms with E-state index in [2.05, 4.69) is 9.97 Å². The van der Waals surface area contributed by atoms with Crippen LogP contribution in [0.15, 0.2) is 11.2 Å². The first kappa shape index (κ1) is 15.4. The fourth-order valence-corrected chi connectivity index (χ4v) is 2.89. The van der Waals surface area contributed by atoms with Crippen LogP contribution >= 0.6 is 11.8 Å². The van der Waals surface area contributed by atoms with Crippen LogP contribution in [-0.2, 0) is 9.59 Å². The summed E-state index contributed by atoms with van der Waals surface area (Å²) in [4.78, 5) is 32.6. The fraction of sp³-hybridized carbons (Fsp3) is 0.500. The van der Waals surface area contributed by atoms with E-state index in [0.29, 0.717) is 31.1 Å². The zero-order valence-corrected chi connectivity index (χ0v) is 12.2. The Kier molecular flexibility index (Phi) is 4.84. The molecular formula is C12H17N5O3S. The van der Waals surface area contributed by atoms with E-state index in [9.17, 15) is 9.59 Å². The van der Waals surface area contributed by atoms with Crippen molar-refractivity contribution in [2.45, 2.75) is 18.0 Å². The molecule has 1 aliphatic heterocycles. The van der Waals surface area contributed by atoms with Crippen LogP contribution in [-0.4, -0.2) is 50.7 Å². The molecule has 5 N–H and O–H groups in total. The van der Waals surface area contributed by atoms with Gasteiger partial charge in [-0.25, -0.2) is 9.97 Å². The van der Waals surface area contributed by atoms with Crippen molar-refractivity contribution in [3.05, 3.63) is 6.07 Å². The number of hydrogen-bond donors (Lipinski definition) is 3. The van der Waals surface area contributed by atoms with Gasteiger partial charge in [-0.05, 0) is 12.8 Å². The average molecular weight is 311 g/mol. The molecule has 114 valence electrons. The lowest BCUT2D eigenvalue weighted by Gasteiger charge is -2.30. The predicted octanol–water partition coefficient (Wildman–Crippen LogP) is 0.0563. The second-order valence-electron chi connectivity index (χ2n) is 4.78. The highest BCUT2D eigenvalue weighted by atomic mass is 32.2. The number of likely N-dealkylation sites (tertiary alicyclic amines) is 1. The number of amides is 1. The van der Waals surface area contributed by atoms with E-state index in [1.165, 1.54) is 17.8 Å². The Labute approximate surface area is 125 Å². The van der Waals surface area contributed by atoms with Gasteiger partial charge in [0.15, 0.2) is 5.16 Å². The lowest BCUT2D eigenvalue weighted by atomic mass is 9.97. The molecule has 1 aromatic rings. The highest BCUT2D eigenvalue weighted by molar-refractivity contribution is 7.99. The number of aromatic nitrogens is 2. The Morgan fingerprint density at radius 3 is 2.38 bits per heavy atom. The summed E-state index contributed by atoms with van der Waals surface area (Å²) < 4.78 is 0. The summed E-state index contributed by atoms with van der Waals surface area (Å²) in [7, 11) is 0. The second kappa shape index (κ2) is 6.61. The third-order valence-electron chi connectivity index (χ3n) is 3.27. The predicted molar refractivity (Wildman–Crippen MR) is 78.5 cm³/mol. The fourth-order valence-electron chi connectivity index (χ4n) is 2.12. The van der Waals surface area contributed by atoms with Crippen LogP contribution < -0.4 is 11.5 Å². The number of nitrogens with zero attached hydrogens (tertiary/aromatic N) is 3. The standard InChI is InChI=1S/C12H17N5O3S/c13-8-5-9(14)16-12(15-8)21-6-10(18)17-3-1-7(2-4-17)11(19)20/h5,7H,1-4,6H2,(H,19,20)(H4,13,14,15,16). The van der Waals surface area contributed by atoms with Gasteiger partial charge in [-0.15, -0.1) is 0 Å². The number of carboxylic acids is 1. The molecule has 0 radical (unpaired) electrons. The van der Waals surface area contributed by atoms with E-state index in [4.69, 9.17) is 16.6 Å². The normalized spacial score (nSPS) is 15.9. The topological polar surface area (TPSA) is 135 Å². The van der Waals surface area contributed by atoms with Crippen LogP contribution in [0.1, 0.15) is 12.8 Å². The van der Waals surface area contributed by atoms with Gasteiger partial charge in [-0.1, -0.05) is 11.8 Å². The number of nitrogens with two attached hydrogens (primary N) is 2. The summed E-state index contributed by atoms with van der Waals surface area (Å²) in [5, 5.41) is 9.28. The molecule has 1 saturated heterocycles. The van der Waals surface area contributed by atoms with Gasteiger partial charge in [0, 0.05) is 19.2 Å². The van der Waals surface area contributed by atoms with Crippen LogP contribution in [0.3, 0.4) is 0 Å². The molecule has 0 atom stereocenters. The van der Waals surface area contributed by atoms with E-state index in [1.807, 2.05) is 0 Å². The Morgan fingerprint density at radius 2 is 1.86 bits per heavy atom. The SMILES string of the molecule is Nc1cc(N)nc(SCC(=O)N2CCC(C(=O)O)CC2)n1. The van der Waals surface area contributed by atoms with Crippen LogP contribution in [0.4, 0.5) is 11.6 Å². The van der Waals surface area contributed by atoms with Crippen molar-refractivity contribution in [1.82, 2.24) is 14.9 Å². The quantitative estimate of drug-likeness (QED) is 0.524. The number of aliphatic carboxylic acids is 1. The number of carbonyl (C=O) groups excluding carboxylic acids is 1. The van der Waals surface area contributed by atoms with Crippen molar-refractivity contribution in [2.24, 2.45) is 5.92 Å². The van der Waals surface area contributed by atoms with Crippen molar-refractivity contribution in [1.29, 1.82) is 0 Å². The monoisotopic (exact) mass is 311 g/mol. The van der Waals surface area contributed by atoms with Crippen molar-refractivity contribution < 1.29 is 14.7 Å². The molecule has 1 aliphatic rings. The molecule has 0 aromatic carbocycles. The molecule has 21 heavy (non-hydrogen) atoms. The smallest absolute Gasteiger partial charge is 0.306 e. The van der Waals surface area contributed by atoms with Crippen LogP contribution in [0, 0.1) is 5.92 Å². The second-order valence-corrected chi connectivity index (χ2v) is 5.72. The average Bonchev–Trinajstić information content (AvgIpc) is 2.44. The first-order valence-corrected chi connectivity index (χ1v) is 7.47. The van der Waals surface area contributed by atoms with E-state index < -0.39 is 5.97 Å². The molecule has 0 saturated carbocycles. The van der Waals surface area contributed by atoms with Gasteiger partial charge in [-0.2, -0.15) is 0 Å². The molecule has 1 aromatic heterocycles. The maximum absolute atomic E-state index is 12.1. The molecule has 8 nitrogen and oxygen atoms in total. The van der Waals surface area contributed by atoms with Gasteiger partial charge in [0.25, 0.3) is 0 Å². The van der Waals surface area contributed by atoms with Crippen LogP contribution in [0.2, 0.25) is 0 Å². The molecule has 0 aliphatic carbocycles. The van der Waals surface area contributed by atoms with E-state index in [1.54, 1.807) is 4.90 Å². The zero-order chi connectivity index (χ0) is 15.4. The molecule has 0 unspecified atom stereocenters. The number of carboxylic acid groups (broad SMARTS) is 1. The third-order valence-corrected chi connectivity index (χ3v) is 4.10. The maximum atomic E-state index is 12.1. The summed E-state index contributed by atoms with van der Waals surface area (Å²) in [5.74, 6) is -0.493. The number of piperidine rings is 1. The minimum Gasteiger partial charge on any atom is -0.481 e. The summed E-state index contributed by atoms with van der Waals surface area (Å²) in [6, 6.07) is 1.45. The molecule has 1 amide bonds. The molecule has 0 bridgehead atoms. The van der Waals surface area contributed by atoms with Crippen molar-refractivity contribution in [3.8, 4) is 0 Å². The summed E-state index contributed by atoms with van der Waals surface area (Å²) in [6.45, 7) is 0.937. The van der Waals surface area contributed by atoms with Gasteiger partial charge in [0.2, 0.25) is 5.91 Å². The summed E-state index contributed by atoms with van der Waals surface area (Å²) >= 11 is 1.17. The van der Waals surface area contributed by atoms with Gasteiger partial charge in [0.05, 0.1) is 11.7 Å². The summed E-state index contributed by atoms with van der Waals surface area (Å²) in [5.41, 5.74) is 11.1. The molecule has 9 heteroatoms. The molecular weight excluding hydrogens is 294 g/mol. The molecule has 1 fully saturated rings. The number of anilines is 2. The Morgan fingerprint density at radius 1 is 1.29 bits per heavy atom. The number of thioether (sulfide) groups is 1. The minimum atomic E-state index is -0.792. The third kappa shape index (κ3) is 4.22. The Hall–Kier alpha value is -2.03. The number of carbonyl (C=O) groups is 2. The first-order valence-electron chi connectivity index (χ1n) is 6.49. The first-order chi connectivity index (χ1) is 9.95. The van der Waals surface area contributed by atoms with E-state index >= 15 is 0 Å². The van der Waals surface area contributed by atoms with Crippen molar-refractivity contribution in [3.63, 3.8) is 0 Å². The van der Waals surface area contributed by atoms with Gasteiger partial charge in [-0.3, -0.25) is 9.59 Å². The van der Waals surface area contributed by atoms with Crippen LogP contribution in [0.25, 0.3) is 0 Å². The van der Waals surface area contributed by atoms with Gasteiger partial charge >= 0.3 is 5.97 Å². The van der Waals surface area contributed by atoms with Crippen molar-refractivity contribution in [2.75, 3.05) is 30.3 Å².